The van der Waals surface area contributed by atoms with Crippen LogP contribution in [0.3, 0.4) is 0 Å². The van der Waals surface area contributed by atoms with Crippen LogP contribution in [-0.4, -0.2) is 43.4 Å². The number of amides is 1. The minimum absolute atomic E-state index is 0.103. The van der Waals surface area contributed by atoms with E-state index in [-0.39, 0.29) is 10.8 Å². The van der Waals surface area contributed by atoms with Gasteiger partial charge in [-0.3, -0.25) is 9.10 Å². The maximum absolute atomic E-state index is 13.2. The lowest BCUT2D eigenvalue weighted by atomic mass is 10.0. The van der Waals surface area contributed by atoms with Gasteiger partial charge in [0, 0.05) is 32.4 Å². The zero-order chi connectivity index (χ0) is 17.6. The van der Waals surface area contributed by atoms with Gasteiger partial charge in [-0.2, -0.15) is 0 Å². The number of rotatable bonds is 3. The quantitative estimate of drug-likeness (QED) is 0.843. The van der Waals surface area contributed by atoms with Crippen molar-refractivity contribution in [1.29, 1.82) is 0 Å². The summed E-state index contributed by atoms with van der Waals surface area (Å²) in [7, 11) is -3.68. The molecule has 0 unspecified atom stereocenters. The average Bonchev–Trinajstić information content (AvgIpc) is 3.07. The standard InChI is InChI=1S/C18H21N3O3S/c1-2-19-10-11-20-13-15(12-17(20)18(19)22)25(23,24)21-9-5-7-14-6-3-4-8-16(14)21/h3-4,6,8,12-13H,2,5,7,9-11H2,1H3. The van der Waals surface area contributed by atoms with E-state index in [0.29, 0.717) is 31.9 Å². The molecule has 0 saturated heterocycles. The second-order valence-electron chi connectivity index (χ2n) is 6.45. The van der Waals surface area contributed by atoms with Crippen molar-refractivity contribution in [2.45, 2.75) is 31.2 Å². The Bertz CT molecular complexity index is 933. The van der Waals surface area contributed by atoms with Crippen molar-refractivity contribution >= 4 is 21.6 Å². The van der Waals surface area contributed by atoms with Crippen molar-refractivity contribution in [3.05, 3.63) is 47.8 Å². The highest BCUT2D eigenvalue weighted by atomic mass is 32.2. The molecular formula is C18H21N3O3S. The number of hydrogen-bond acceptors (Lipinski definition) is 3. The molecule has 0 atom stereocenters. The fourth-order valence-corrected chi connectivity index (χ4v) is 5.24. The van der Waals surface area contributed by atoms with E-state index in [1.54, 1.807) is 15.7 Å². The summed E-state index contributed by atoms with van der Waals surface area (Å²) in [6.07, 6.45) is 3.29. The van der Waals surface area contributed by atoms with Crippen LogP contribution in [0.5, 0.6) is 0 Å². The summed E-state index contributed by atoms with van der Waals surface area (Å²) in [5.74, 6) is -0.103. The Kier molecular flexibility index (Phi) is 3.83. The minimum Gasteiger partial charge on any atom is -0.340 e. The van der Waals surface area contributed by atoms with Crippen LogP contribution in [0.25, 0.3) is 0 Å². The molecule has 1 amide bonds. The third-order valence-electron chi connectivity index (χ3n) is 5.03. The Hall–Kier alpha value is -2.28. The Morgan fingerprint density at radius 2 is 1.92 bits per heavy atom. The van der Waals surface area contributed by atoms with E-state index >= 15 is 0 Å². The molecule has 2 aromatic rings. The van der Waals surface area contributed by atoms with Gasteiger partial charge in [0.25, 0.3) is 15.9 Å². The van der Waals surface area contributed by atoms with E-state index < -0.39 is 10.0 Å². The zero-order valence-electron chi connectivity index (χ0n) is 14.2. The lowest BCUT2D eigenvalue weighted by Gasteiger charge is -2.30. The molecule has 0 N–H and O–H groups in total. The lowest BCUT2D eigenvalue weighted by molar-refractivity contribution is 0.0715. The number of carbonyl (C=O) groups is 1. The first-order valence-electron chi connectivity index (χ1n) is 8.62. The molecule has 7 heteroatoms. The van der Waals surface area contributed by atoms with Crippen LogP contribution in [0.2, 0.25) is 0 Å². The van der Waals surface area contributed by atoms with E-state index in [0.717, 1.165) is 24.1 Å². The average molecular weight is 359 g/mol. The SMILES string of the molecule is CCN1CCn2cc(S(=O)(=O)N3CCCc4ccccc43)cc2C1=O. The molecule has 0 bridgehead atoms. The van der Waals surface area contributed by atoms with Gasteiger partial charge in [0.05, 0.1) is 5.69 Å². The summed E-state index contributed by atoms with van der Waals surface area (Å²) in [6, 6.07) is 9.15. The van der Waals surface area contributed by atoms with Crippen LogP contribution in [-0.2, 0) is 23.0 Å². The fourth-order valence-electron chi connectivity index (χ4n) is 3.66. The van der Waals surface area contributed by atoms with Crippen molar-refractivity contribution in [3.63, 3.8) is 0 Å². The highest BCUT2D eigenvalue weighted by molar-refractivity contribution is 7.92. The summed E-state index contributed by atoms with van der Waals surface area (Å²) in [6.45, 7) is 4.27. The maximum Gasteiger partial charge on any atom is 0.270 e. The molecule has 2 aliphatic heterocycles. The summed E-state index contributed by atoms with van der Waals surface area (Å²) >= 11 is 0. The van der Waals surface area contributed by atoms with Crippen molar-refractivity contribution in [2.24, 2.45) is 0 Å². The van der Waals surface area contributed by atoms with E-state index in [1.807, 2.05) is 31.2 Å². The molecule has 132 valence electrons. The molecule has 0 fully saturated rings. The van der Waals surface area contributed by atoms with Gasteiger partial charge in [-0.05, 0) is 37.5 Å². The zero-order valence-corrected chi connectivity index (χ0v) is 15.0. The first-order valence-corrected chi connectivity index (χ1v) is 10.1. The topological polar surface area (TPSA) is 62.6 Å². The van der Waals surface area contributed by atoms with Gasteiger partial charge in [0.1, 0.15) is 10.6 Å². The predicted molar refractivity (Wildman–Crippen MR) is 95.3 cm³/mol. The number of aryl methyl sites for hydroxylation is 1. The largest absolute Gasteiger partial charge is 0.340 e. The van der Waals surface area contributed by atoms with E-state index in [2.05, 4.69) is 0 Å². The van der Waals surface area contributed by atoms with E-state index in [4.69, 9.17) is 0 Å². The molecule has 6 nitrogen and oxygen atoms in total. The number of para-hydroxylation sites is 1. The van der Waals surface area contributed by atoms with Gasteiger partial charge in [-0.15, -0.1) is 0 Å². The minimum atomic E-state index is -3.68. The second kappa shape index (κ2) is 5.91. The first kappa shape index (κ1) is 16.2. The number of aromatic nitrogens is 1. The lowest BCUT2D eigenvalue weighted by Crippen LogP contribution is -2.39. The molecule has 2 aliphatic rings. The van der Waals surface area contributed by atoms with Crippen LogP contribution < -0.4 is 4.31 Å². The molecule has 0 aliphatic carbocycles. The predicted octanol–water partition coefficient (Wildman–Crippen LogP) is 2.11. The monoisotopic (exact) mass is 359 g/mol. The molecule has 3 heterocycles. The van der Waals surface area contributed by atoms with Crippen molar-refractivity contribution in [3.8, 4) is 0 Å². The van der Waals surface area contributed by atoms with Crippen LogP contribution in [0.4, 0.5) is 5.69 Å². The summed E-state index contributed by atoms with van der Waals surface area (Å²) < 4.78 is 29.7. The highest BCUT2D eigenvalue weighted by Gasteiger charge is 2.33. The van der Waals surface area contributed by atoms with Gasteiger partial charge in [0.2, 0.25) is 0 Å². The van der Waals surface area contributed by atoms with Crippen LogP contribution in [0.15, 0.2) is 41.4 Å². The van der Waals surface area contributed by atoms with Gasteiger partial charge >= 0.3 is 0 Å². The fraction of sp³-hybridized carbons (Fsp3) is 0.389. The summed E-state index contributed by atoms with van der Waals surface area (Å²) in [5, 5.41) is 0. The maximum atomic E-state index is 13.2. The Morgan fingerprint density at radius 3 is 2.72 bits per heavy atom. The molecule has 1 aromatic carbocycles. The van der Waals surface area contributed by atoms with Gasteiger partial charge in [-0.1, -0.05) is 18.2 Å². The molecule has 0 saturated carbocycles. The molecule has 0 spiro atoms. The van der Waals surface area contributed by atoms with Gasteiger partial charge in [-0.25, -0.2) is 8.42 Å². The molecule has 4 rings (SSSR count). The summed E-state index contributed by atoms with van der Waals surface area (Å²) in [4.78, 5) is 14.4. The number of hydrogen-bond donors (Lipinski definition) is 0. The second-order valence-corrected chi connectivity index (χ2v) is 8.31. The van der Waals surface area contributed by atoms with Crippen LogP contribution in [0, 0.1) is 0 Å². The van der Waals surface area contributed by atoms with E-state index in [1.165, 1.54) is 10.4 Å². The van der Waals surface area contributed by atoms with Gasteiger partial charge < -0.3 is 9.47 Å². The van der Waals surface area contributed by atoms with Crippen molar-refractivity contribution in [1.82, 2.24) is 9.47 Å². The van der Waals surface area contributed by atoms with Crippen molar-refractivity contribution < 1.29 is 13.2 Å². The Labute approximate surface area is 147 Å². The number of benzene rings is 1. The first-order chi connectivity index (χ1) is 12.0. The molecule has 1 aromatic heterocycles. The van der Waals surface area contributed by atoms with Crippen molar-refractivity contribution in [2.75, 3.05) is 23.9 Å². The summed E-state index contributed by atoms with van der Waals surface area (Å²) in [5.41, 5.74) is 2.26. The van der Waals surface area contributed by atoms with E-state index in [9.17, 15) is 13.2 Å². The molecule has 0 radical (unpaired) electrons. The number of sulfonamides is 1. The van der Waals surface area contributed by atoms with Crippen LogP contribution in [0.1, 0.15) is 29.4 Å². The highest BCUT2D eigenvalue weighted by Crippen LogP contribution is 2.32. The number of fused-ring (bicyclic) bond motifs is 2. The normalized spacial score (nSPS) is 17.4. The number of nitrogens with zero attached hydrogens (tertiary/aromatic N) is 3. The number of anilines is 1. The molecule has 25 heavy (non-hydrogen) atoms. The third kappa shape index (κ3) is 2.54. The Balaban J connectivity index is 1.75. The Morgan fingerprint density at radius 1 is 1.12 bits per heavy atom. The molecular weight excluding hydrogens is 338 g/mol. The smallest absolute Gasteiger partial charge is 0.270 e. The van der Waals surface area contributed by atoms with Gasteiger partial charge in [0.15, 0.2) is 0 Å². The third-order valence-corrected chi connectivity index (χ3v) is 6.80. The van der Waals surface area contributed by atoms with Crippen LogP contribution >= 0.6 is 0 Å². The number of carbonyl (C=O) groups excluding carboxylic acids is 1. The number of likely N-dealkylation sites (N-methyl/N-ethyl adjacent to an activating group) is 1.